The summed E-state index contributed by atoms with van der Waals surface area (Å²) in [6.45, 7) is 25.4. The summed E-state index contributed by atoms with van der Waals surface area (Å²) >= 11 is 0. The second kappa shape index (κ2) is 27.9. The van der Waals surface area contributed by atoms with Crippen molar-refractivity contribution in [1.29, 1.82) is 0 Å². The molecule has 2 aromatic rings. The van der Waals surface area contributed by atoms with Crippen molar-refractivity contribution < 1.29 is 87.5 Å². The molecular formula is C50H75NO18. The van der Waals surface area contributed by atoms with Crippen LogP contribution in [0.25, 0.3) is 0 Å². The number of aliphatic hydroxyl groups excluding tert-OH is 5. The van der Waals surface area contributed by atoms with E-state index >= 15 is 0 Å². The molecule has 4 rings (SSSR count). The molecule has 1 amide bonds. The molecule has 19 nitrogen and oxygen atoms in total. The average molecular weight is 978 g/mol. The Morgan fingerprint density at radius 1 is 0.638 bits per heavy atom. The molecule has 2 fully saturated rings. The molecule has 0 bridgehead atoms. The highest BCUT2D eigenvalue weighted by molar-refractivity contribution is 5.92. The zero-order valence-electron chi connectivity index (χ0n) is 42.3. The average Bonchev–Trinajstić information content (AvgIpc) is 3.22. The number of carbonyl (C=O) groups excluding carboxylic acids is 7. The Kier molecular flexibility index (Phi) is 25.1. The fourth-order valence-electron chi connectivity index (χ4n) is 6.37. The molecule has 0 saturated carbocycles. The Hall–Kier alpha value is -5.07. The van der Waals surface area contributed by atoms with Gasteiger partial charge in [-0.05, 0) is 113 Å². The minimum absolute atomic E-state index is 0.0107. The summed E-state index contributed by atoms with van der Waals surface area (Å²) in [5, 5.41) is 52.5. The van der Waals surface area contributed by atoms with Gasteiger partial charge in [-0.1, -0.05) is 60.6 Å². The smallest absolute Gasteiger partial charge is 0.373 e. The van der Waals surface area contributed by atoms with E-state index in [1.54, 1.807) is 45.9 Å². The van der Waals surface area contributed by atoms with Crippen LogP contribution in [0.3, 0.4) is 0 Å². The van der Waals surface area contributed by atoms with E-state index in [9.17, 15) is 39.9 Å². The minimum Gasteiger partial charge on any atom is -0.464 e. The van der Waals surface area contributed by atoms with Gasteiger partial charge in [0.25, 0.3) is 0 Å². The molecule has 0 spiro atoms. The molecule has 8 atom stereocenters. The van der Waals surface area contributed by atoms with Crippen molar-refractivity contribution in [2.75, 3.05) is 18.5 Å². The third kappa shape index (κ3) is 22.9. The van der Waals surface area contributed by atoms with E-state index in [2.05, 4.69) is 46.9 Å². The molecule has 0 aliphatic carbocycles. The number of nitrogens with one attached hydrogen (secondary N) is 1. The number of anilines is 1. The van der Waals surface area contributed by atoms with Gasteiger partial charge in [-0.3, -0.25) is 14.4 Å². The second-order valence-corrected chi connectivity index (χ2v) is 21.4. The van der Waals surface area contributed by atoms with Crippen molar-refractivity contribution in [3.8, 4) is 11.5 Å². The first kappa shape index (κ1) is 61.9. The van der Waals surface area contributed by atoms with E-state index in [1.165, 1.54) is 0 Å². The van der Waals surface area contributed by atoms with E-state index in [0.29, 0.717) is 29.8 Å². The van der Waals surface area contributed by atoms with Crippen molar-refractivity contribution in [3.05, 3.63) is 53.1 Å². The normalized spacial score (nSPS) is 22.5. The van der Waals surface area contributed by atoms with Crippen LogP contribution < -0.4 is 14.8 Å². The summed E-state index contributed by atoms with van der Waals surface area (Å²) in [6.07, 6.45) is -4.64. The number of aliphatic hydroxyl groups is 5. The van der Waals surface area contributed by atoms with Crippen molar-refractivity contribution >= 4 is 35.8 Å². The topological polar surface area (TPSA) is 288 Å². The lowest BCUT2D eigenvalue weighted by molar-refractivity contribution is -0.241. The summed E-state index contributed by atoms with van der Waals surface area (Å²) in [5.41, 5.74) is 1.78. The standard InChI is InChI=1S/C25H39NO8.C23H36O6.2CO2/c1-24(2,3)11-7-8-19(28)26-16-12-15(13-33-23(31)25(4,5)6)9-10-18(16)34-22-21(30)20(29)17(27)14-32-22;1-14-19(25)17(24)13-27-20(14)29-18-9-8-15(10-16(18)11-22(2,3)4)12-28-21(26)23(5,6)7;2*2-1-3/h9-10,12,17,20-22,27,29-30H,7-8,11,13-14H2,1-6H3,(H,26,28);8-10,14,17,19-20,24-25H,11-13H2,1-7H3;;/t17-,20+,21-,22-;14-,17-,19-,20-;;/m11../s1. The number of rotatable bonds is 13. The van der Waals surface area contributed by atoms with E-state index < -0.39 is 53.9 Å². The molecule has 6 N–H and O–H groups in total. The lowest BCUT2D eigenvalue weighted by atomic mass is 9.87. The maximum absolute atomic E-state index is 12.6. The monoisotopic (exact) mass is 977 g/mol. The molecule has 2 saturated heterocycles. The van der Waals surface area contributed by atoms with Crippen LogP contribution in [0.1, 0.15) is 126 Å². The van der Waals surface area contributed by atoms with Gasteiger partial charge in [0, 0.05) is 12.3 Å². The summed E-state index contributed by atoms with van der Waals surface area (Å²) in [4.78, 5) is 69.3. The Bertz CT molecular complexity index is 1990. The van der Waals surface area contributed by atoms with Gasteiger partial charge >= 0.3 is 24.2 Å². The second-order valence-electron chi connectivity index (χ2n) is 21.4. The molecule has 69 heavy (non-hydrogen) atoms. The number of hydrogen-bond acceptors (Lipinski definition) is 18. The zero-order chi connectivity index (χ0) is 53.1. The number of ether oxygens (including phenoxy) is 6. The van der Waals surface area contributed by atoms with E-state index in [-0.39, 0.29) is 79.1 Å². The van der Waals surface area contributed by atoms with Gasteiger partial charge in [0.15, 0.2) is 0 Å². The first-order valence-electron chi connectivity index (χ1n) is 22.6. The van der Waals surface area contributed by atoms with Gasteiger partial charge in [-0.25, -0.2) is 0 Å². The molecule has 2 aliphatic heterocycles. The van der Waals surface area contributed by atoms with Crippen molar-refractivity contribution in [1.82, 2.24) is 0 Å². The van der Waals surface area contributed by atoms with E-state index in [1.807, 2.05) is 39.0 Å². The van der Waals surface area contributed by atoms with Crippen LogP contribution in [-0.2, 0) is 72.1 Å². The highest BCUT2D eigenvalue weighted by Crippen LogP contribution is 2.34. The molecule has 0 aromatic heterocycles. The van der Waals surface area contributed by atoms with Crippen LogP contribution in [0.15, 0.2) is 36.4 Å². The first-order valence-corrected chi connectivity index (χ1v) is 22.6. The van der Waals surface area contributed by atoms with Crippen LogP contribution in [0.2, 0.25) is 0 Å². The molecule has 2 aliphatic rings. The van der Waals surface area contributed by atoms with Crippen LogP contribution in [0, 0.1) is 27.6 Å². The summed E-state index contributed by atoms with van der Waals surface area (Å²) in [6, 6.07) is 10.6. The number of carbonyl (C=O) groups is 3. The number of hydrogen-bond donors (Lipinski definition) is 6. The van der Waals surface area contributed by atoms with Gasteiger partial charge in [0.1, 0.15) is 49.1 Å². The Balaban J connectivity index is 0.000000625. The fraction of sp³-hybridized carbons (Fsp3) is 0.660. The summed E-state index contributed by atoms with van der Waals surface area (Å²) < 4.78 is 33.6. The third-order valence-corrected chi connectivity index (χ3v) is 10.2. The molecule has 388 valence electrons. The Labute approximate surface area is 405 Å². The number of amides is 1. The first-order chi connectivity index (χ1) is 31.8. The lowest BCUT2D eigenvalue weighted by Crippen LogP contribution is -2.54. The third-order valence-electron chi connectivity index (χ3n) is 10.2. The maximum atomic E-state index is 12.6. The molecule has 19 heteroatoms. The summed E-state index contributed by atoms with van der Waals surface area (Å²) in [5.74, 6) is -0.292. The van der Waals surface area contributed by atoms with Crippen LogP contribution in [0.4, 0.5) is 5.69 Å². The van der Waals surface area contributed by atoms with Crippen molar-refractivity contribution in [2.24, 2.45) is 27.6 Å². The van der Waals surface area contributed by atoms with Gasteiger partial charge in [-0.15, -0.1) is 0 Å². The molecule has 2 aromatic carbocycles. The quantitative estimate of drug-likeness (QED) is 0.143. The zero-order valence-corrected chi connectivity index (χ0v) is 42.3. The number of esters is 2. The minimum atomic E-state index is -1.48. The van der Waals surface area contributed by atoms with Crippen molar-refractivity contribution in [2.45, 2.75) is 172 Å². The van der Waals surface area contributed by atoms with Gasteiger partial charge in [0.2, 0.25) is 18.5 Å². The maximum Gasteiger partial charge on any atom is 0.373 e. The van der Waals surface area contributed by atoms with E-state index in [0.717, 1.165) is 24.0 Å². The van der Waals surface area contributed by atoms with Gasteiger partial charge in [0.05, 0.1) is 35.8 Å². The molecule has 0 unspecified atom stereocenters. The summed E-state index contributed by atoms with van der Waals surface area (Å²) in [7, 11) is 0. The highest BCUT2D eigenvalue weighted by atomic mass is 16.7. The van der Waals surface area contributed by atoms with Gasteiger partial charge in [-0.2, -0.15) is 19.2 Å². The largest absolute Gasteiger partial charge is 0.464 e. The SMILES string of the molecule is CC(C)(C)CCCC(=O)Nc1cc(COC(=O)C(C)(C)C)ccc1O[C@H]1OC[C@@H](O)[C@H](O)[C@H]1O.C[C@H]1[C@@H](Oc2ccc(COC(=O)C(C)(C)C)cc2CC(C)(C)C)OC[C@@H](O)[C@@H]1O.O=C=O.O=C=O. The van der Waals surface area contributed by atoms with Crippen molar-refractivity contribution in [3.63, 3.8) is 0 Å². The number of benzene rings is 2. The predicted octanol–water partition coefficient (Wildman–Crippen LogP) is 5.04. The van der Waals surface area contributed by atoms with Crippen LogP contribution >= 0.6 is 0 Å². The van der Waals surface area contributed by atoms with Crippen LogP contribution in [0.5, 0.6) is 11.5 Å². The molecule has 2 heterocycles. The molecular weight excluding hydrogens is 903 g/mol. The van der Waals surface area contributed by atoms with Crippen LogP contribution in [-0.4, -0.2) is 112 Å². The fourth-order valence-corrected chi connectivity index (χ4v) is 6.37. The lowest BCUT2D eigenvalue weighted by Gasteiger charge is -2.36. The highest BCUT2D eigenvalue weighted by Gasteiger charge is 2.40. The van der Waals surface area contributed by atoms with E-state index in [4.69, 9.17) is 47.6 Å². The Morgan fingerprint density at radius 2 is 1.09 bits per heavy atom. The predicted molar refractivity (Wildman–Crippen MR) is 246 cm³/mol. The Morgan fingerprint density at radius 3 is 1.57 bits per heavy atom. The van der Waals surface area contributed by atoms with Gasteiger partial charge < -0.3 is 59.3 Å². The molecule has 0 radical (unpaired) electrons.